The molecule has 1 aliphatic heterocycles. The molecular weight excluding hydrogens is 362 g/mol. The summed E-state index contributed by atoms with van der Waals surface area (Å²) < 4.78 is 31.3. The van der Waals surface area contributed by atoms with E-state index in [1.807, 2.05) is 36.7 Å². The van der Waals surface area contributed by atoms with Crippen LogP contribution < -0.4 is 9.64 Å². The summed E-state index contributed by atoms with van der Waals surface area (Å²) in [5.41, 5.74) is 4.49. The van der Waals surface area contributed by atoms with E-state index in [0.29, 0.717) is 13.0 Å². The fourth-order valence-electron chi connectivity index (χ4n) is 3.91. The molecule has 1 aromatic carbocycles. The van der Waals surface area contributed by atoms with E-state index in [-0.39, 0.29) is 17.5 Å². The van der Waals surface area contributed by atoms with E-state index in [4.69, 9.17) is 4.74 Å². The Morgan fingerprint density at radius 1 is 1.26 bits per heavy atom. The molecule has 0 amide bonds. The van der Waals surface area contributed by atoms with Gasteiger partial charge in [-0.05, 0) is 39.3 Å². The molecule has 0 saturated carbocycles. The first-order valence-electron chi connectivity index (χ1n) is 9.57. The van der Waals surface area contributed by atoms with Crippen LogP contribution in [0.15, 0.2) is 24.3 Å². The number of rotatable bonds is 7. The zero-order chi connectivity index (χ0) is 19.6. The van der Waals surface area contributed by atoms with Gasteiger partial charge in [0.15, 0.2) is 9.84 Å². The summed E-state index contributed by atoms with van der Waals surface area (Å²) in [7, 11) is -0.752. The molecule has 0 spiro atoms. The molecule has 27 heavy (non-hydrogen) atoms. The Kier molecular flexibility index (Phi) is 5.91. The highest BCUT2D eigenvalue weighted by atomic mass is 32.2. The van der Waals surface area contributed by atoms with Gasteiger partial charge in [-0.2, -0.15) is 5.10 Å². The van der Waals surface area contributed by atoms with Crippen LogP contribution in [-0.2, 0) is 22.9 Å². The van der Waals surface area contributed by atoms with Crippen molar-refractivity contribution in [3.05, 3.63) is 46.8 Å². The molecule has 1 aromatic heterocycles. The maximum atomic E-state index is 11.8. The van der Waals surface area contributed by atoms with E-state index in [1.165, 1.54) is 16.0 Å². The van der Waals surface area contributed by atoms with E-state index in [9.17, 15) is 8.42 Å². The number of aromatic nitrogens is 2. The Morgan fingerprint density at radius 2 is 2.00 bits per heavy atom. The highest BCUT2D eigenvalue weighted by Gasteiger charge is 2.31. The average molecular weight is 393 g/mol. The number of hydrogen-bond donors (Lipinski definition) is 1. The average Bonchev–Trinajstić information content (AvgIpc) is 3.10. The lowest BCUT2D eigenvalue weighted by molar-refractivity contribution is -0.907. The predicted molar refractivity (Wildman–Crippen MR) is 106 cm³/mol. The van der Waals surface area contributed by atoms with Crippen LogP contribution in [0.25, 0.3) is 0 Å². The molecule has 1 unspecified atom stereocenters. The lowest BCUT2D eigenvalue weighted by atomic mass is 10.1. The Hall–Kier alpha value is -1.86. The third kappa shape index (κ3) is 4.52. The topological polar surface area (TPSA) is 65.6 Å². The third-order valence-corrected chi connectivity index (χ3v) is 7.02. The summed E-state index contributed by atoms with van der Waals surface area (Å²) in [4.78, 5) is 1.34. The maximum Gasteiger partial charge on any atom is 0.152 e. The normalized spacial score (nSPS) is 19.9. The largest absolute Gasteiger partial charge is 0.493 e. The number of sulfone groups is 1. The lowest BCUT2D eigenvalue weighted by Gasteiger charge is -2.17. The molecule has 1 N–H and O–H groups in total. The minimum Gasteiger partial charge on any atom is -0.493 e. The molecule has 0 bridgehead atoms. The van der Waals surface area contributed by atoms with Crippen LogP contribution in [-0.4, -0.2) is 43.4 Å². The molecule has 1 saturated heterocycles. The molecule has 148 valence electrons. The molecule has 3 rings (SSSR count). The van der Waals surface area contributed by atoms with Crippen molar-refractivity contribution in [1.82, 2.24) is 9.78 Å². The minimum absolute atomic E-state index is 0.0264. The van der Waals surface area contributed by atoms with Gasteiger partial charge in [0.25, 0.3) is 0 Å². The van der Waals surface area contributed by atoms with Gasteiger partial charge in [-0.25, -0.2) is 8.42 Å². The number of para-hydroxylation sites is 1. The van der Waals surface area contributed by atoms with Crippen molar-refractivity contribution in [2.75, 3.05) is 25.2 Å². The number of ether oxygens (including phenoxy) is 1. The van der Waals surface area contributed by atoms with Crippen molar-refractivity contribution >= 4 is 9.84 Å². The third-order valence-electron chi connectivity index (χ3n) is 5.27. The van der Waals surface area contributed by atoms with Gasteiger partial charge in [-0.15, -0.1) is 0 Å². The van der Waals surface area contributed by atoms with Gasteiger partial charge in [-0.1, -0.05) is 12.1 Å². The van der Waals surface area contributed by atoms with E-state index in [0.717, 1.165) is 30.2 Å². The van der Waals surface area contributed by atoms with Crippen molar-refractivity contribution in [1.29, 1.82) is 0 Å². The smallest absolute Gasteiger partial charge is 0.152 e. The maximum absolute atomic E-state index is 11.8. The molecule has 0 aliphatic carbocycles. The SMILES string of the molecule is CCOc1ccccc1C[NH+](C)Cc1c(C)nn([C@H]2CCS(=O)(=O)C2)c1C. The first-order valence-corrected chi connectivity index (χ1v) is 11.4. The van der Waals surface area contributed by atoms with Gasteiger partial charge in [0.05, 0.1) is 42.5 Å². The second-order valence-electron chi connectivity index (χ2n) is 7.50. The zero-order valence-electron chi connectivity index (χ0n) is 16.7. The van der Waals surface area contributed by atoms with Crippen LogP contribution in [0.3, 0.4) is 0 Å². The molecule has 2 atom stereocenters. The first-order chi connectivity index (χ1) is 12.8. The second kappa shape index (κ2) is 8.02. The fraction of sp³-hybridized carbons (Fsp3) is 0.550. The summed E-state index contributed by atoms with van der Waals surface area (Å²) >= 11 is 0. The first kappa shape index (κ1) is 19.9. The van der Waals surface area contributed by atoms with E-state index in [1.54, 1.807) is 0 Å². The number of benzene rings is 1. The van der Waals surface area contributed by atoms with Crippen LogP contribution in [0.4, 0.5) is 0 Å². The Morgan fingerprint density at radius 3 is 2.67 bits per heavy atom. The molecule has 0 radical (unpaired) electrons. The fourth-order valence-corrected chi connectivity index (χ4v) is 5.60. The molecular formula is C20H30N3O3S+. The number of quaternary nitrogens is 1. The van der Waals surface area contributed by atoms with Crippen LogP contribution >= 0.6 is 0 Å². The van der Waals surface area contributed by atoms with Gasteiger partial charge in [0.2, 0.25) is 0 Å². The minimum atomic E-state index is -2.92. The number of nitrogens with zero attached hydrogens (tertiary/aromatic N) is 2. The molecule has 7 heteroatoms. The second-order valence-corrected chi connectivity index (χ2v) is 9.73. The Balaban J connectivity index is 1.74. The Bertz CT molecular complexity index is 905. The Labute approximate surface area is 162 Å². The van der Waals surface area contributed by atoms with Gasteiger partial charge in [-0.3, -0.25) is 4.68 Å². The monoisotopic (exact) mass is 392 g/mol. The van der Waals surface area contributed by atoms with Crippen molar-refractivity contribution in [2.45, 2.75) is 46.3 Å². The van der Waals surface area contributed by atoms with Crippen LogP contribution in [0.2, 0.25) is 0 Å². The van der Waals surface area contributed by atoms with Gasteiger partial charge in [0.1, 0.15) is 18.8 Å². The lowest BCUT2D eigenvalue weighted by Crippen LogP contribution is -3.06. The van der Waals surface area contributed by atoms with Crippen molar-refractivity contribution in [2.24, 2.45) is 0 Å². The molecule has 6 nitrogen and oxygen atoms in total. The van der Waals surface area contributed by atoms with E-state index >= 15 is 0 Å². The standard InChI is InChI=1S/C20H29N3O3S/c1-5-26-20-9-7-6-8-17(20)12-22(4)13-19-15(2)21-23(16(19)3)18-10-11-27(24,25)14-18/h6-9,18H,5,10-14H2,1-4H3/p+1/t18-/m0/s1. The summed E-state index contributed by atoms with van der Waals surface area (Å²) in [6.07, 6.45) is 0.661. The quantitative estimate of drug-likeness (QED) is 0.775. The summed E-state index contributed by atoms with van der Waals surface area (Å²) in [5, 5.41) is 4.68. The van der Waals surface area contributed by atoms with Crippen molar-refractivity contribution in [3.8, 4) is 5.75 Å². The highest BCUT2D eigenvalue weighted by molar-refractivity contribution is 7.91. The van der Waals surface area contributed by atoms with E-state index < -0.39 is 9.84 Å². The molecule has 2 heterocycles. The van der Waals surface area contributed by atoms with Gasteiger partial charge in [0, 0.05) is 11.3 Å². The molecule has 1 fully saturated rings. The summed E-state index contributed by atoms with van der Waals surface area (Å²) in [5.74, 6) is 1.42. The van der Waals surface area contributed by atoms with Crippen molar-refractivity contribution in [3.63, 3.8) is 0 Å². The van der Waals surface area contributed by atoms with Crippen LogP contribution in [0, 0.1) is 13.8 Å². The van der Waals surface area contributed by atoms with Gasteiger partial charge >= 0.3 is 0 Å². The number of aryl methyl sites for hydroxylation is 1. The zero-order valence-corrected chi connectivity index (χ0v) is 17.5. The predicted octanol–water partition coefficient (Wildman–Crippen LogP) is 1.47. The van der Waals surface area contributed by atoms with Crippen LogP contribution in [0.5, 0.6) is 5.75 Å². The highest BCUT2D eigenvalue weighted by Crippen LogP contribution is 2.26. The summed E-state index contributed by atoms with van der Waals surface area (Å²) in [6, 6.07) is 8.14. The van der Waals surface area contributed by atoms with Crippen LogP contribution in [0.1, 0.15) is 41.9 Å². The molecule has 1 aliphatic rings. The van der Waals surface area contributed by atoms with Gasteiger partial charge < -0.3 is 9.64 Å². The van der Waals surface area contributed by atoms with Crippen molar-refractivity contribution < 1.29 is 18.1 Å². The number of nitrogens with one attached hydrogen (secondary N) is 1. The summed E-state index contributed by atoms with van der Waals surface area (Å²) in [6.45, 7) is 8.43. The van der Waals surface area contributed by atoms with E-state index in [2.05, 4.69) is 25.1 Å². The molecule has 2 aromatic rings. The number of hydrogen-bond acceptors (Lipinski definition) is 4.